The fourth-order valence-corrected chi connectivity index (χ4v) is 0.842. The molecule has 0 N–H and O–H groups in total. The van der Waals surface area contributed by atoms with E-state index < -0.39 is 23.4 Å². The van der Waals surface area contributed by atoms with E-state index in [-0.39, 0.29) is 6.42 Å². The molecule has 0 bridgehead atoms. The summed E-state index contributed by atoms with van der Waals surface area (Å²) in [7, 11) is 0. The van der Waals surface area contributed by atoms with Gasteiger partial charge in [-0.15, -0.1) is 0 Å². The second-order valence-corrected chi connectivity index (χ2v) is 4.05. The zero-order valence-corrected chi connectivity index (χ0v) is 7.36. The molecule has 0 saturated heterocycles. The average molecular weight is 178 g/mol. The fraction of sp³-hybridized carbons (Fsp3) is 0.875. The first-order valence-electron chi connectivity index (χ1n) is 3.83. The van der Waals surface area contributed by atoms with Crippen LogP contribution in [0.4, 0.5) is 8.78 Å². The molecule has 1 saturated carbocycles. The Hall–Kier alpha value is -0.670. The molecule has 1 aliphatic rings. The summed E-state index contributed by atoms with van der Waals surface area (Å²) in [5, 5.41) is 0. The number of alkyl halides is 2. The van der Waals surface area contributed by atoms with E-state index in [1.54, 1.807) is 20.8 Å². The smallest absolute Gasteiger partial charge is 0.315 e. The summed E-state index contributed by atoms with van der Waals surface area (Å²) in [6.07, 6.45) is -0.359. The Morgan fingerprint density at radius 1 is 1.50 bits per heavy atom. The van der Waals surface area contributed by atoms with E-state index in [1.165, 1.54) is 0 Å². The van der Waals surface area contributed by atoms with Crippen LogP contribution in [0.2, 0.25) is 0 Å². The maximum absolute atomic E-state index is 12.3. The zero-order chi connectivity index (χ0) is 9.57. The maximum atomic E-state index is 12.3. The van der Waals surface area contributed by atoms with Crippen LogP contribution in [0, 0.1) is 5.92 Å². The lowest BCUT2D eigenvalue weighted by Crippen LogP contribution is -2.26. The van der Waals surface area contributed by atoms with E-state index in [9.17, 15) is 13.6 Å². The summed E-state index contributed by atoms with van der Waals surface area (Å²) < 4.78 is 29.4. The predicted molar refractivity (Wildman–Crippen MR) is 38.9 cm³/mol. The summed E-state index contributed by atoms with van der Waals surface area (Å²) in [4.78, 5) is 10.9. The lowest BCUT2D eigenvalue weighted by molar-refractivity contribution is -0.158. The van der Waals surface area contributed by atoms with Crippen LogP contribution in [0.5, 0.6) is 0 Å². The molecular formula is C8H12F2O2. The molecule has 0 radical (unpaired) electrons. The largest absolute Gasteiger partial charge is 0.460 e. The highest BCUT2D eigenvalue weighted by Gasteiger charge is 2.62. The van der Waals surface area contributed by atoms with Crippen molar-refractivity contribution in [3.05, 3.63) is 0 Å². The molecule has 70 valence electrons. The molecule has 0 aromatic heterocycles. The SMILES string of the molecule is CC(C)(C)OC(=O)C1CC1(F)F. The van der Waals surface area contributed by atoms with Crippen molar-refractivity contribution in [3.63, 3.8) is 0 Å². The van der Waals surface area contributed by atoms with Crippen molar-refractivity contribution in [2.75, 3.05) is 0 Å². The van der Waals surface area contributed by atoms with Gasteiger partial charge in [0, 0.05) is 6.42 Å². The van der Waals surface area contributed by atoms with Gasteiger partial charge in [-0.25, -0.2) is 8.78 Å². The molecule has 1 fully saturated rings. The zero-order valence-electron chi connectivity index (χ0n) is 7.36. The van der Waals surface area contributed by atoms with E-state index in [2.05, 4.69) is 0 Å². The van der Waals surface area contributed by atoms with Crippen molar-refractivity contribution >= 4 is 5.97 Å². The molecule has 12 heavy (non-hydrogen) atoms. The van der Waals surface area contributed by atoms with E-state index >= 15 is 0 Å². The first-order chi connectivity index (χ1) is 5.22. The van der Waals surface area contributed by atoms with Crippen molar-refractivity contribution < 1.29 is 18.3 Å². The monoisotopic (exact) mass is 178 g/mol. The highest BCUT2D eigenvalue weighted by Crippen LogP contribution is 2.49. The highest BCUT2D eigenvalue weighted by molar-refractivity contribution is 5.77. The topological polar surface area (TPSA) is 26.3 Å². The van der Waals surface area contributed by atoms with Gasteiger partial charge < -0.3 is 4.74 Å². The van der Waals surface area contributed by atoms with Gasteiger partial charge in [0.1, 0.15) is 11.5 Å². The summed E-state index contributed by atoms with van der Waals surface area (Å²) in [6.45, 7) is 4.97. The van der Waals surface area contributed by atoms with Crippen molar-refractivity contribution in [1.29, 1.82) is 0 Å². The van der Waals surface area contributed by atoms with Gasteiger partial charge in [0.05, 0.1) is 0 Å². The first-order valence-corrected chi connectivity index (χ1v) is 3.83. The van der Waals surface area contributed by atoms with Crippen LogP contribution in [-0.2, 0) is 9.53 Å². The molecule has 1 aliphatic carbocycles. The number of carbonyl (C=O) groups is 1. The third-order valence-electron chi connectivity index (χ3n) is 1.52. The summed E-state index contributed by atoms with van der Waals surface area (Å²) >= 11 is 0. The second kappa shape index (κ2) is 2.41. The number of halogens is 2. The maximum Gasteiger partial charge on any atom is 0.315 e. The summed E-state index contributed by atoms with van der Waals surface area (Å²) in [6, 6.07) is 0. The van der Waals surface area contributed by atoms with Crippen molar-refractivity contribution in [3.8, 4) is 0 Å². The van der Waals surface area contributed by atoms with Crippen LogP contribution in [-0.4, -0.2) is 17.5 Å². The molecule has 4 heteroatoms. The van der Waals surface area contributed by atoms with Crippen LogP contribution < -0.4 is 0 Å². The van der Waals surface area contributed by atoms with Crippen LogP contribution in [0.1, 0.15) is 27.2 Å². The molecule has 0 heterocycles. The van der Waals surface area contributed by atoms with Gasteiger partial charge in [-0.1, -0.05) is 0 Å². The number of carbonyl (C=O) groups excluding carboxylic acids is 1. The van der Waals surface area contributed by atoms with Gasteiger partial charge in [0.25, 0.3) is 5.92 Å². The first kappa shape index (κ1) is 9.42. The third-order valence-corrected chi connectivity index (χ3v) is 1.52. The Labute approximate surface area is 69.9 Å². The standard InChI is InChI=1S/C8H12F2O2/c1-7(2,3)12-6(11)5-4-8(5,9)10/h5H,4H2,1-3H3. The fourth-order valence-electron chi connectivity index (χ4n) is 0.842. The average Bonchev–Trinajstić information content (AvgIpc) is 2.35. The van der Waals surface area contributed by atoms with Gasteiger partial charge >= 0.3 is 5.97 Å². The van der Waals surface area contributed by atoms with Crippen LogP contribution in [0.25, 0.3) is 0 Å². The minimum atomic E-state index is -2.82. The van der Waals surface area contributed by atoms with Gasteiger partial charge in [-0.2, -0.15) is 0 Å². The number of ether oxygens (including phenoxy) is 1. The van der Waals surface area contributed by atoms with E-state index in [1.807, 2.05) is 0 Å². The molecule has 1 unspecified atom stereocenters. The van der Waals surface area contributed by atoms with E-state index in [4.69, 9.17) is 4.74 Å². The van der Waals surface area contributed by atoms with Gasteiger partial charge in [-0.05, 0) is 20.8 Å². The molecular weight excluding hydrogens is 166 g/mol. The minimum Gasteiger partial charge on any atom is -0.460 e. The molecule has 0 aliphatic heterocycles. The second-order valence-electron chi connectivity index (χ2n) is 4.05. The Bertz CT molecular complexity index is 206. The predicted octanol–water partition coefficient (Wildman–Crippen LogP) is 1.98. The van der Waals surface area contributed by atoms with Crippen LogP contribution in [0.3, 0.4) is 0 Å². The number of hydrogen-bond acceptors (Lipinski definition) is 2. The lowest BCUT2D eigenvalue weighted by atomic mass is 10.2. The van der Waals surface area contributed by atoms with Crippen molar-refractivity contribution in [1.82, 2.24) is 0 Å². The number of hydrogen-bond donors (Lipinski definition) is 0. The molecule has 1 atom stereocenters. The molecule has 0 aromatic carbocycles. The molecule has 0 amide bonds. The molecule has 0 spiro atoms. The molecule has 1 rings (SSSR count). The van der Waals surface area contributed by atoms with Crippen molar-refractivity contribution in [2.24, 2.45) is 5.92 Å². The summed E-state index contributed by atoms with van der Waals surface area (Å²) in [5.41, 5.74) is -0.671. The van der Waals surface area contributed by atoms with E-state index in [0.717, 1.165) is 0 Å². The van der Waals surface area contributed by atoms with Crippen LogP contribution in [0.15, 0.2) is 0 Å². The Morgan fingerprint density at radius 3 is 2.17 bits per heavy atom. The minimum absolute atomic E-state index is 0.359. The normalized spacial score (nSPS) is 26.6. The number of rotatable bonds is 1. The molecule has 2 nitrogen and oxygen atoms in total. The Kier molecular flexibility index (Phi) is 1.89. The Morgan fingerprint density at radius 2 is 1.92 bits per heavy atom. The van der Waals surface area contributed by atoms with Crippen molar-refractivity contribution in [2.45, 2.75) is 38.7 Å². The van der Waals surface area contributed by atoms with Crippen LogP contribution >= 0.6 is 0 Å². The number of esters is 1. The van der Waals surface area contributed by atoms with Gasteiger partial charge in [0.15, 0.2) is 0 Å². The third kappa shape index (κ3) is 2.16. The van der Waals surface area contributed by atoms with E-state index in [0.29, 0.717) is 0 Å². The lowest BCUT2D eigenvalue weighted by Gasteiger charge is -2.19. The van der Waals surface area contributed by atoms with Gasteiger partial charge in [0.2, 0.25) is 0 Å². The molecule has 0 aromatic rings. The highest BCUT2D eigenvalue weighted by atomic mass is 19.3. The quantitative estimate of drug-likeness (QED) is 0.574. The summed E-state index contributed by atoms with van der Waals surface area (Å²) in [5.74, 6) is -4.80. The Balaban J connectivity index is 2.42. The van der Waals surface area contributed by atoms with Gasteiger partial charge in [-0.3, -0.25) is 4.79 Å².